The molecule has 2 bridgehead atoms. The zero-order chi connectivity index (χ0) is 10.5. The highest BCUT2D eigenvalue weighted by molar-refractivity contribution is 5.83. The molecule has 82 valence electrons. The predicted octanol–water partition coefficient (Wildman–Crippen LogP) is 4.07. The van der Waals surface area contributed by atoms with E-state index in [1.165, 1.54) is 36.6 Å². The molecule has 1 N–H and O–H groups in total. The topological polar surface area (TPSA) is 15.8 Å². The van der Waals surface area contributed by atoms with Crippen molar-refractivity contribution < 1.29 is 0 Å². The van der Waals surface area contributed by atoms with Crippen LogP contribution in [0.5, 0.6) is 0 Å². The molecule has 0 saturated heterocycles. The zero-order valence-electron chi connectivity index (χ0n) is 9.45. The molecule has 2 aromatic rings. The normalized spacial score (nSPS) is 32.6. The summed E-state index contributed by atoms with van der Waals surface area (Å²) in [4.78, 5) is 3.42. The van der Waals surface area contributed by atoms with Crippen molar-refractivity contribution >= 4 is 10.9 Å². The second kappa shape index (κ2) is 3.13. The molecule has 0 amide bonds. The number of H-pyrrole nitrogens is 1. The summed E-state index contributed by atoms with van der Waals surface area (Å²) in [5.41, 5.74) is 2.89. The first-order chi connectivity index (χ1) is 7.92. The molecule has 0 radical (unpaired) electrons. The zero-order valence-corrected chi connectivity index (χ0v) is 9.45. The molecule has 3 atom stereocenters. The molecule has 2 saturated carbocycles. The van der Waals surface area contributed by atoms with Crippen LogP contribution in [0.2, 0.25) is 0 Å². The average Bonchev–Trinajstić information content (AvgIpc) is 3.03. The minimum atomic E-state index is 0.842. The van der Waals surface area contributed by atoms with Gasteiger partial charge < -0.3 is 4.98 Å². The molecule has 16 heavy (non-hydrogen) atoms. The summed E-state index contributed by atoms with van der Waals surface area (Å²) in [6.45, 7) is 0. The molecule has 0 spiro atoms. The van der Waals surface area contributed by atoms with Gasteiger partial charge in [0, 0.05) is 17.1 Å². The lowest BCUT2D eigenvalue weighted by Crippen LogP contribution is -2.07. The molecule has 4 rings (SSSR count). The number of nitrogens with one attached hydrogen (secondary N) is 1. The van der Waals surface area contributed by atoms with Crippen LogP contribution in [0.25, 0.3) is 10.9 Å². The quantitative estimate of drug-likeness (QED) is 0.731. The Morgan fingerprint density at radius 1 is 1.06 bits per heavy atom. The largest absolute Gasteiger partial charge is 0.361 e. The van der Waals surface area contributed by atoms with Crippen LogP contribution in [-0.4, -0.2) is 4.98 Å². The number of rotatable bonds is 1. The molecule has 2 aliphatic carbocycles. The fourth-order valence-corrected chi connectivity index (χ4v) is 4.03. The van der Waals surface area contributed by atoms with E-state index in [1.54, 1.807) is 5.56 Å². The summed E-state index contributed by atoms with van der Waals surface area (Å²) in [5, 5.41) is 1.46. The van der Waals surface area contributed by atoms with Crippen LogP contribution in [0.3, 0.4) is 0 Å². The Morgan fingerprint density at radius 3 is 2.81 bits per heavy atom. The molecule has 1 aromatic heterocycles. The Kier molecular flexibility index (Phi) is 1.73. The summed E-state index contributed by atoms with van der Waals surface area (Å²) in [6.07, 6.45) is 8.14. The van der Waals surface area contributed by atoms with Gasteiger partial charge in [-0.1, -0.05) is 24.6 Å². The minimum absolute atomic E-state index is 0.842. The molecular formula is C15H17N. The molecule has 3 unspecified atom stereocenters. The fourth-order valence-electron chi connectivity index (χ4n) is 4.03. The van der Waals surface area contributed by atoms with Crippen molar-refractivity contribution in [1.29, 1.82) is 0 Å². The van der Waals surface area contributed by atoms with Crippen LogP contribution in [0, 0.1) is 11.8 Å². The van der Waals surface area contributed by atoms with Gasteiger partial charge in [0.25, 0.3) is 0 Å². The Labute approximate surface area is 95.9 Å². The van der Waals surface area contributed by atoms with Gasteiger partial charge in [0.2, 0.25) is 0 Å². The minimum Gasteiger partial charge on any atom is -0.361 e. The van der Waals surface area contributed by atoms with E-state index in [4.69, 9.17) is 0 Å². The molecule has 2 aliphatic rings. The summed E-state index contributed by atoms with van der Waals surface area (Å²) < 4.78 is 0. The van der Waals surface area contributed by atoms with Crippen LogP contribution in [0.15, 0.2) is 30.5 Å². The third-order valence-electron chi connectivity index (χ3n) is 4.76. The van der Waals surface area contributed by atoms with Crippen molar-refractivity contribution in [3.05, 3.63) is 36.0 Å². The SMILES string of the molecule is c1ccc2c(C3CC4CCC3C4)c[nH]c2c1. The molecule has 1 nitrogen and oxygen atoms in total. The highest BCUT2D eigenvalue weighted by Crippen LogP contribution is 2.53. The van der Waals surface area contributed by atoms with Gasteiger partial charge in [0.1, 0.15) is 0 Å². The molecule has 1 aromatic carbocycles. The maximum atomic E-state index is 3.42. The monoisotopic (exact) mass is 211 g/mol. The van der Waals surface area contributed by atoms with Crippen molar-refractivity contribution in [2.45, 2.75) is 31.6 Å². The molecule has 2 fully saturated rings. The Balaban J connectivity index is 1.82. The predicted molar refractivity (Wildman–Crippen MR) is 66.5 cm³/mol. The first-order valence-electron chi connectivity index (χ1n) is 6.48. The van der Waals surface area contributed by atoms with E-state index in [1.807, 2.05) is 0 Å². The lowest BCUT2D eigenvalue weighted by molar-refractivity contribution is 0.422. The maximum absolute atomic E-state index is 3.42. The second-order valence-corrected chi connectivity index (χ2v) is 5.57. The first kappa shape index (κ1) is 8.86. The lowest BCUT2D eigenvalue weighted by atomic mass is 9.83. The average molecular weight is 211 g/mol. The van der Waals surface area contributed by atoms with E-state index in [0.29, 0.717) is 0 Å². The van der Waals surface area contributed by atoms with Gasteiger partial charge in [-0.3, -0.25) is 0 Å². The Morgan fingerprint density at radius 2 is 2.00 bits per heavy atom. The van der Waals surface area contributed by atoms with Gasteiger partial charge in [-0.25, -0.2) is 0 Å². The number of aromatic amines is 1. The highest BCUT2D eigenvalue weighted by Gasteiger charge is 2.40. The maximum Gasteiger partial charge on any atom is 0.0456 e. The van der Waals surface area contributed by atoms with Crippen LogP contribution >= 0.6 is 0 Å². The molecule has 1 heteroatoms. The summed E-state index contributed by atoms with van der Waals surface area (Å²) >= 11 is 0. The van der Waals surface area contributed by atoms with Crippen molar-refractivity contribution in [2.24, 2.45) is 11.8 Å². The molecule has 1 heterocycles. The lowest BCUT2D eigenvalue weighted by Gasteiger charge is -2.21. The van der Waals surface area contributed by atoms with Crippen molar-refractivity contribution in [3.8, 4) is 0 Å². The van der Waals surface area contributed by atoms with Gasteiger partial charge in [-0.05, 0) is 48.6 Å². The van der Waals surface area contributed by atoms with E-state index in [0.717, 1.165) is 17.8 Å². The van der Waals surface area contributed by atoms with Crippen molar-refractivity contribution in [2.75, 3.05) is 0 Å². The van der Waals surface area contributed by atoms with Gasteiger partial charge in [-0.2, -0.15) is 0 Å². The Bertz CT molecular complexity index is 525. The fraction of sp³-hybridized carbons (Fsp3) is 0.467. The van der Waals surface area contributed by atoms with Crippen LogP contribution in [-0.2, 0) is 0 Å². The first-order valence-corrected chi connectivity index (χ1v) is 6.48. The summed E-state index contributed by atoms with van der Waals surface area (Å²) in [6, 6.07) is 8.73. The van der Waals surface area contributed by atoms with E-state index in [9.17, 15) is 0 Å². The summed E-state index contributed by atoms with van der Waals surface area (Å²) in [5.74, 6) is 2.85. The number of aromatic nitrogens is 1. The Hall–Kier alpha value is -1.24. The van der Waals surface area contributed by atoms with Gasteiger partial charge in [0.05, 0.1) is 0 Å². The number of hydrogen-bond acceptors (Lipinski definition) is 0. The number of hydrogen-bond donors (Lipinski definition) is 1. The van der Waals surface area contributed by atoms with Crippen molar-refractivity contribution in [3.63, 3.8) is 0 Å². The van der Waals surface area contributed by atoms with Crippen LogP contribution < -0.4 is 0 Å². The molecular weight excluding hydrogens is 194 g/mol. The van der Waals surface area contributed by atoms with Gasteiger partial charge in [-0.15, -0.1) is 0 Å². The van der Waals surface area contributed by atoms with Crippen LogP contribution in [0.4, 0.5) is 0 Å². The second-order valence-electron chi connectivity index (χ2n) is 5.57. The van der Waals surface area contributed by atoms with E-state index in [-0.39, 0.29) is 0 Å². The van der Waals surface area contributed by atoms with Crippen molar-refractivity contribution in [1.82, 2.24) is 4.98 Å². The smallest absolute Gasteiger partial charge is 0.0456 e. The van der Waals surface area contributed by atoms with Gasteiger partial charge in [0.15, 0.2) is 0 Å². The standard InChI is InChI=1S/C15H17N/c1-2-4-15-12(3-1)14(9-16-15)13-8-10-5-6-11(13)7-10/h1-4,9-11,13,16H,5-8H2. The van der Waals surface area contributed by atoms with Crippen LogP contribution in [0.1, 0.15) is 37.2 Å². The van der Waals surface area contributed by atoms with E-state index >= 15 is 0 Å². The van der Waals surface area contributed by atoms with E-state index < -0.39 is 0 Å². The third-order valence-corrected chi connectivity index (χ3v) is 4.76. The van der Waals surface area contributed by atoms with Gasteiger partial charge >= 0.3 is 0 Å². The van der Waals surface area contributed by atoms with E-state index in [2.05, 4.69) is 35.4 Å². The summed E-state index contributed by atoms with van der Waals surface area (Å²) in [7, 11) is 0. The number of benzene rings is 1. The number of para-hydroxylation sites is 1. The highest BCUT2D eigenvalue weighted by atomic mass is 14.7. The molecule has 0 aliphatic heterocycles. The number of fused-ring (bicyclic) bond motifs is 3. The third kappa shape index (κ3) is 1.12.